The van der Waals surface area contributed by atoms with E-state index in [-0.39, 0.29) is 13.0 Å². The second-order valence-corrected chi connectivity index (χ2v) is 5.66. The normalized spacial score (nSPS) is 11.1. The monoisotopic (exact) mass is 405 g/mol. The van der Waals surface area contributed by atoms with E-state index in [2.05, 4.69) is 42.4 Å². The molecule has 0 saturated heterocycles. The molecule has 0 aromatic heterocycles. The molecule has 0 bridgehead atoms. The number of hydrogen-bond acceptors (Lipinski definition) is 4. The van der Waals surface area contributed by atoms with Crippen LogP contribution in [0.1, 0.15) is 13.3 Å². The Morgan fingerprint density at radius 3 is 2.70 bits per heavy atom. The van der Waals surface area contributed by atoms with Crippen molar-refractivity contribution in [3.8, 4) is 5.75 Å². The molecule has 0 fully saturated rings. The first kappa shape index (κ1) is 16.6. The smallest absolute Gasteiger partial charge is 0.277 e. The van der Waals surface area contributed by atoms with Gasteiger partial charge in [0.15, 0.2) is 6.61 Å². The summed E-state index contributed by atoms with van der Waals surface area (Å²) < 4.78 is 6.95. The van der Waals surface area contributed by atoms with Gasteiger partial charge in [-0.05, 0) is 41.1 Å². The fourth-order valence-electron chi connectivity index (χ4n) is 1.22. The minimum Gasteiger partial charge on any atom is -0.483 e. The van der Waals surface area contributed by atoms with Crippen LogP contribution in [0.5, 0.6) is 5.75 Å². The minimum absolute atomic E-state index is 0.000598. The van der Waals surface area contributed by atoms with Gasteiger partial charge >= 0.3 is 0 Å². The van der Waals surface area contributed by atoms with E-state index in [1.165, 1.54) is 0 Å². The Balaban J connectivity index is 2.45. The van der Waals surface area contributed by atoms with Crippen LogP contribution in [0.4, 0.5) is 0 Å². The van der Waals surface area contributed by atoms with Crippen LogP contribution in [0.25, 0.3) is 0 Å². The Morgan fingerprint density at radius 2 is 2.10 bits per heavy atom. The number of ether oxygens (including phenoxy) is 1. The van der Waals surface area contributed by atoms with Crippen LogP contribution >= 0.6 is 31.9 Å². The van der Waals surface area contributed by atoms with E-state index >= 15 is 0 Å². The summed E-state index contributed by atoms with van der Waals surface area (Å²) in [5.41, 5.74) is 7.70. The summed E-state index contributed by atoms with van der Waals surface area (Å²) in [6.07, 6.45) is -0.000598. The molecule has 1 aromatic rings. The molecule has 0 aliphatic heterocycles. The molecule has 1 rings (SSSR count). The first-order chi connectivity index (χ1) is 9.38. The molecule has 108 valence electrons. The molecule has 0 aliphatic rings. The van der Waals surface area contributed by atoms with Gasteiger partial charge in [0.1, 0.15) is 5.75 Å². The average Bonchev–Trinajstić information content (AvgIpc) is 2.34. The molecule has 0 atom stereocenters. The van der Waals surface area contributed by atoms with Crippen LogP contribution < -0.4 is 15.9 Å². The van der Waals surface area contributed by atoms with Gasteiger partial charge in [0.25, 0.3) is 5.91 Å². The SMILES string of the molecule is C/C(CC(N)=O)=N\NC(=O)COc1ccc(Br)cc1Br. The number of benzene rings is 1. The Hall–Kier alpha value is -1.41. The summed E-state index contributed by atoms with van der Waals surface area (Å²) in [6, 6.07) is 5.33. The van der Waals surface area contributed by atoms with Crippen molar-refractivity contribution in [1.29, 1.82) is 0 Å². The van der Waals surface area contributed by atoms with Gasteiger partial charge < -0.3 is 10.5 Å². The molecule has 0 heterocycles. The second kappa shape index (κ2) is 8.01. The van der Waals surface area contributed by atoms with Crippen molar-refractivity contribution in [2.24, 2.45) is 10.8 Å². The van der Waals surface area contributed by atoms with Crippen LogP contribution in [0.2, 0.25) is 0 Å². The molecule has 8 heteroatoms. The lowest BCUT2D eigenvalue weighted by atomic mass is 10.3. The number of rotatable bonds is 6. The van der Waals surface area contributed by atoms with Crippen LogP contribution in [0, 0.1) is 0 Å². The van der Waals surface area contributed by atoms with Gasteiger partial charge in [-0.25, -0.2) is 5.43 Å². The molecule has 0 unspecified atom stereocenters. The van der Waals surface area contributed by atoms with Crippen LogP contribution in [0.3, 0.4) is 0 Å². The van der Waals surface area contributed by atoms with Crippen molar-refractivity contribution >= 4 is 49.4 Å². The lowest BCUT2D eigenvalue weighted by molar-refractivity contribution is -0.123. The molecular weight excluding hydrogens is 394 g/mol. The third kappa shape index (κ3) is 6.16. The molecule has 2 amide bonds. The Morgan fingerprint density at radius 1 is 1.40 bits per heavy atom. The van der Waals surface area contributed by atoms with Crippen molar-refractivity contribution in [1.82, 2.24) is 5.43 Å². The molecule has 3 N–H and O–H groups in total. The highest BCUT2D eigenvalue weighted by Crippen LogP contribution is 2.27. The van der Waals surface area contributed by atoms with Crippen molar-refractivity contribution in [2.75, 3.05) is 6.61 Å². The van der Waals surface area contributed by atoms with Gasteiger partial charge in [0, 0.05) is 10.2 Å². The van der Waals surface area contributed by atoms with Gasteiger partial charge in [0.05, 0.1) is 10.9 Å². The van der Waals surface area contributed by atoms with Gasteiger partial charge in [-0.3, -0.25) is 9.59 Å². The Kier molecular flexibility index (Phi) is 6.66. The van der Waals surface area contributed by atoms with Gasteiger partial charge in [-0.1, -0.05) is 15.9 Å². The number of carbonyl (C=O) groups is 2. The highest BCUT2D eigenvalue weighted by atomic mass is 79.9. The summed E-state index contributed by atoms with van der Waals surface area (Å²) >= 11 is 6.64. The van der Waals surface area contributed by atoms with Crippen molar-refractivity contribution in [2.45, 2.75) is 13.3 Å². The number of nitrogens with one attached hydrogen (secondary N) is 1. The van der Waals surface area contributed by atoms with Crippen molar-refractivity contribution in [3.63, 3.8) is 0 Å². The molecule has 1 aromatic carbocycles. The number of carbonyl (C=O) groups excluding carboxylic acids is 2. The zero-order valence-corrected chi connectivity index (χ0v) is 13.8. The predicted octanol–water partition coefficient (Wildman–Crippen LogP) is 1.96. The van der Waals surface area contributed by atoms with E-state index in [0.29, 0.717) is 11.5 Å². The van der Waals surface area contributed by atoms with E-state index in [1.807, 2.05) is 6.07 Å². The zero-order valence-electron chi connectivity index (χ0n) is 10.7. The Bertz CT molecular complexity index is 547. The molecule has 0 spiro atoms. The van der Waals surface area contributed by atoms with E-state index in [0.717, 1.165) is 8.95 Å². The van der Waals surface area contributed by atoms with E-state index in [9.17, 15) is 9.59 Å². The van der Waals surface area contributed by atoms with E-state index < -0.39 is 11.8 Å². The molecule has 0 saturated carbocycles. The third-order valence-electron chi connectivity index (χ3n) is 2.05. The number of amides is 2. The first-order valence-corrected chi connectivity index (χ1v) is 7.15. The predicted molar refractivity (Wildman–Crippen MR) is 82.4 cm³/mol. The van der Waals surface area contributed by atoms with Crippen LogP contribution in [-0.4, -0.2) is 24.1 Å². The largest absolute Gasteiger partial charge is 0.483 e. The van der Waals surface area contributed by atoms with Crippen LogP contribution in [-0.2, 0) is 9.59 Å². The maximum absolute atomic E-state index is 11.5. The summed E-state index contributed by atoms with van der Waals surface area (Å²) in [7, 11) is 0. The number of halogens is 2. The standard InChI is InChI=1S/C12H13Br2N3O3/c1-7(4-11(15)18)16-17-12(19)6-20-10-3-2-8(13)5-9(10)14/h2-3,5H,4,6H2,1H3,(H2,15,18)(H,17,19)/b16-7+. The maximum Gasteiger partial charge on any atom is 0.277 e. The average molecular weight is 407 g/mol. The second-order valence-electron chi connectivity index (χ2n) is 3.89. The summed E-state index contributed by atoms with van der Waals surface area (Å²) in [6.45, 7) is 1.41. The van der Waals surface area contributed by atoms with E-state index in [4.69, 9.17) is 10.5 Å². The minimum atomic E-state index is -0.504. The maximum atomic E-state index is 11.5. The first-order valence-electron chi connectivity index (χ1n) is 5.56. The summed E-state index contributed by atoms with van der Waals surface area (Å²) in [5.74, 6) is -0.389. The van der Waals surface area contributed by atoms with Gasteiger partial charge in [-0.2, -0.15) is 5.10 Å². The number of hydrogen-bond donors (Lipinski definition) is 2. The molecule has 0 aliphatic carbocycles. The number of nitrogens with two attached hydrogens (primary N) is 1. The van der Waals surface area contributed by atoms with Gasteiger partial charge in [-0.15, -0.1) is 0 Å². The molecular formula is C12H13Br2N3O3. The molecule has 0 radical (unpaired) electrons. The zero-order chi connectivity index (χ0) is 15.1. The summed E-state index contributed by atoms with van der Waals surface area (Å²) in [5, 5.41) is 3.73. The number of primary amides is 1. The van der Waals surface area contributed by atoms with Gasteiger partial charge in [0.2, 0.25) is 5.91 Å². The topological polar surface area (TPSA) is 93.8 Å². The van der Waals surface area contributed by atoms with E-state index in [1.54, 1.807) is 19.1 Å². The Labute approximate surface area is 133 Å². The lowest BCUT2D eigenvalue weighted by Gasteiger charge is -2.07. The fraction of sp³-hybridized carbons (Fsp3) is 0.250. The third-order valence-corrected chi connectivity index (χ3v) is 3.17. The fourth-order valence-corrected chi connectivity index (χ4v) is 2.38. The lowest BCUT2D eigenvalue weighted by Crippen LogP contribution is -2.26. The number of hydrazone groups is 1. The highest BCUT2D eigenvalue weighted by molar-refractivity contribution is 9.11. The van der Waals surface area contributed by atoms with Crippen molar-refractivity contribution < 1.29 is 14.3 Å². The highest BCUT2D eigenvalue weighted by Gasteiger charge is 2.06. The summed E-state index contributed by atoms with van der Waals surface area (Å²) in [4.78, 5) is 22.1. The quantitative estimate of drug-likeness (QED) is 0.558. The number of nitrogens with zero attached hydrogens (tertiary/aromatic N) is 1. The van der Waals surface area contributed by atoms with Crippen molar-refractivity contribution in [3.05, 3.63) is 27.1 Å². The molecule has 6 nitrogen and oxygen atoms in total. The molecule has 20 heavy (non-hydrogen) atoms. The van der Waals surface area contributed by atoms with Crippen LogP contribution in [0.15, 0.2) is 32.2 Å².